The van der Waals surface area contributed by atoms with Crippen LogP contribution in [0.4, 0.5) is 0 Å². The van der Waals surface area contributed by atoms with Crippen molar-refractivity contribution in [3.8, 4) is 5.75 Å². The highest BCUT2D eigenvalue weighted by atomic mass is 16.5. The first-order valence-electron chi connectivity index (χ1n) is 8.38. The van der Waals surface area contributed by atoms with E-state index in [1.807, 2.05) is 36.1 Å². The Labute approximate surface area is 133 Å². The molecule has 1 saturated heterocycles. The Bertz CT molecular complexity index is 452. The molecule has 0 N–H and O–H groups in total. The molecule has 1 unspecified atom stereocenters. The summed E-state index contributed by atoms with van der Waals surface area (Å²) in [6.07, 6.45) is 4.54. The summed E-state index contributed by atoms with van der Waals surface area (Å²) in [7, 11) is 0. The van der Waals surface area contributed by atoms with Crippen molar-refractivity contribution in [2.24, 2.45) is 0 Å². The average molecular weight is 305 g/mol. The van der Waals surface area contributed by atoms with E-state index in [1.54, 1.807) is 0 Å². The Morgan fingerprint density at radius 2 is 2.09 bits per heavy atom. The highest BCUT2D eigenvalue weighted by Gasteiger charge is 2.16. The molecule has 4 heteroatoms. The Morgan fingerprint density at radius 1 is 1.32 bits per heavy atom. The Balaban J connectivity index is 1.87. The fourth-order valence-electron chi connectivity index (χ4n) is 2.59. The molecule has 1 amide bonds. The maximum Gasteiger partial charge on any atom is 0.253 e. The number of rotatable bonds is 8. The first-order chi connectivity index (χ1) is 10.7. The molecule has 4 nitrogen and oxygen atoms in total. The van der Waals surface area contributed by atoms with Gasteiger partial charge in [0.15, 0.2) is 0 Å². The van der Waals surface area contributed by atoms with Gasteiger partial charge in [-0.3, -0.25) is 4.79 Å². The summed E-state index contributed by atoms with van der Waals surface area (Å²) >= 11 is 0. The van der Waals surface area contributed by atoms with E-state index in [4.69, 9.17) is 9.47 Å². The van der Waals surface area contributed by atoms with Crippen molar-refractivity contribution in [1.29, 1.82) is 0 Å². The van der Waals surface area contributed by atoms with E-state index in [0.29, 0.717) is 6.61 Å². The van der Waals surface area contributed by atoms with Crippen LogP contribution < -0.4 is 4.74 Å². The van der Waals surface area contributed by atoms with Crippen molar-refractivity contribution in [2.75, 3.05) is 26.3 Å². The third-order valence-corrected chi connectivity index (χ3v) is 4.01. The summed E-state index contributed by atoms with van der Waals surface area (Å²) < 4.78 is 11.3. The largest absolute Gasteiger partial charge is 0.491 e. The van der Waals surface area contributed by atoms with Crippen LogP contribution in [-0.2, 0) is 4.74 Å². The molecular weight excluding hydrogens is 278 g/mol. The molecule has 1 fully saturated rings. The molecule has 0 saturated carbocycles. The number of hydrogen-bond donors (Lipinski definition) is 0. The maximum absolute atomic E-state index is 12.4. The van der Waals surface area contributed by atoms with Gasteiger partial charge in [-0.25, -0.2) is 0 Å². The number of benzene rings is 1. The fraction of sp³-hybridized carbons (Fsp3) is 0.611. The Kier molecular flexibility index (Phi) is 6.72. The molecule has 122 valence electrons. The molecule has 1 aliphatic heterocycles. The topological polar surface area (TPSA) is 38.8 Å². The van der Waals surface area contributed by atoms with Gasteiger partial charge in [0.25, 0.3) is 5.91 Å². The summed E-state index contributed by atoms with van der Waals surface area (Å²) in [5, 5.41) is 0. The standard InChI is InChI=1S/C18H27NO3/c1-3-5-12-19(4-2)18(20)15-8-10-16(11-9-15)22-14-17-7-6-13-21-17/h8-11,17H,3-7,12-14H2,1-2H3. The number of unbranched alkanes of at least 4 members (excludes halogenated alkanes) is 1. The van der Waals surface area contributed by atoms with Crippen LogP contribution in [0.5, 0.6) is 5.75 Å². The highest BCUT2D eigenvalue weighted by molar-refractivity contribution is 5.94. The molecular formula is C18H27NO3. The zero-order valence-electron chi connectivity index (χ0n) is 13.7. The molecule has 0 aliphatic carbocycles. The van der Waals surface area contributed by atoms with Crippen molar-refractivity contribution >= 4 is 5.91 Å². The van der Waals surface area contributed by atoms with Gasteiger partial charge in [-0.05, 0) is 50.5 Å². The van der Waals surface area contributed by atoms with Crippen LogP contribution in [0.1, 0.15) is 49.9 Å². The molecule has 0 radical (unpaired) electrons. The minimum atomic E-state index is 0.0987. The zero-order valence-corrected chi connectivity index (χ0v) is 13.7. The molecule has 0 bridgehead atoms. The van der Waals surface area contributed by atoms with Crippen molar-refractivity contribution in [3.05, 3.63) is 29.8 Å². The van der Waals surface area contributed by atoms with Crippen LogP contribution in [0.25, 0.3) is 0 Å². The summed E-state index contributed by atoms with van der Waals surface area (Å²) in [4.78, 5) is 14.3. The van der Waals surface area contributed by atoms with Crippen molar-refractivity contribution in [3.63, 3.8) is 0 Å². The van der Waals surface area contributed by atoms with Gasteiger partial charge >= 0.3 is 0 Å². The highest BCUT2D eigenvalue weighted by Crippen LogP contribution is 2.17. The van der Waals surface area contributed by atoms with E-state index in [9.17, 15) is 4.79 Å². The number of ether oxygens (including phenoxy) is 2. The summed E-state index contributed by atoms with van der Waals surface area (Å²) in [5.41, 5.74) is 0.724. The quantitative estimate of drug-likeness (QED) is 0.738. The van der Waals surface area contributed by atoms with E-state index in [2.05, 4.69) is 6.92 Å². The first kappa shape index (κ1) is 16.8. The van der Waals surface area contributed by atoms with Crippen molar-refractivity contribution in [1.82, 2.24) is 4.90 Å². The van der Waals surface area contributed by atoms with Gasteiger partial charge in [0, 0.05) is 25.3 Å². The van der Waals surface area contributed by atoms with Crippen LogP contribution in [0.15, 0.2) is 24.3 Å². The van der Waals surface area contributed by atoms with Gasteiger partial charge in [0.05, 0.1) is 6.10 Å². The second-order valence-electron chi connectivity index (χ2n) is 5.71. The number of nitrogens with zero attached hydrogens (tertiary/aromatic N) is 1. The molecule has 1 aromatic carbocycles. The average Bonchev–Trinajstić information content (AvgIpc) is 3.07. The van der Waals surface area contributed by atoms with Gasteiger partial charge in [-0.15, -0.1) is 0 Å². The first-order valence-corrected chi connectivity index (χ1v) is 8.38. The second-order valence-corrected chi connectivity index (χ2v) is 5.71. The van der Waals surface area contributed by atoms with E-state index in [0.717, 1.165) is 56.7 Å². The normalized spacial score (nSPS) is 17.5. The van der Waals surface area contributed by atoms with Crippen molar-refractivity contribution < 1.29 is 14.3 Å². The Morgan fingerprint density at radius 3 is 2.68 bits per heavy atom. The minimum absolute atomic E-state index is 0.0987. The molecule has 1 aliphatic rings. The third kappa shape index (κ3) is 4.73. The molecule has 2 rings (SSSR count). The fourth-order valence-corrected chi connectivity index (χ4v) is 2.59. The van der Waals surface area contributed by atoms with E-state index in [-0.39, 0.29) is 12.0 Å². The lowest BCUT2D eigenvalue weighted by Crippen LogP contribution is -2.31. The van der Waals surface area contributed by atoms with Gasteiger partial charge < -0.3 is 14.4 Å². The SMILES string of the molecule is CCCCN(CC)C(=O)c1ccc(OCC2CCCO2)cc1. The molecule has 1 atom stereocenters. The summed E-state index contributed by atoms with van der Waals surface area (Å²) in [5.74, 6) is 0.894. The van der Waals surface area contributed by atoms with Crippen LogP contribution in [0, 0.1) is 0 Å². The zero-order chi connectivity index (χ0) is 15.8. The predicted octanol–water partition coefficient (Wildman–Crippen LogP) is 3.51. The lowest BCUT2D eigenvalue weighted by atomic mass is 10.2. The maximum atomic E-state index is 12.4. The van der Waals surface area contributed by atoms with Gasteiger partial charge in [-0.2, -0.15) is 0 Å². The van der Waals surface area contributed by atoms with Gasteiger partial charge in [0.1, 0.15) is 12.4 Å². The Hall–Kier alpha value is -1.55. The molecule has 1 heterocycles. The predicted molar refractivity (Wildman–Crippen MR) is 87.4 cm³/mol. The third-order valence-electron chi connectivity index (χ3n) is 4.01. The molecule has 1 aromatic rings. The van der Waals surface area contributed by atoms with Crippen LogP contribution >= 0.6 is 0 Å². The van der Waals surface area contributed by atoms with E-state index in [1.165, 1.54) is 0 Å². The van der Waals surface area contributed by atoms with Crippen LogP contribution in [0.3, 0.4) is 0 Å². The summed E-state index contributed by atoms with van der Waals surface area (Å²) in [6.45, 7) is 7.15. The van der Waals surface area contributed by atoms with Gasteiger partial charge in [0.2, 0.25) is 0 Å². The number of carbonyl (C=O) groups is 1. The van der Waals surface area contributed by atoms with E-state index < -0.39 is 0 Å². The lowest BCUT2D eigenvalue weighted by Gasteiger charge is -2.20. The number of amides is 1. The van der Waals surface area contributed by atoms with E-state index >= 15 is 0 Å². The minimum Gasteiger partial charge on any atom is -0.491 e. The number of carbonyl (C=O) groups excluding carboxylic acids is 1. The smallest absolute Gasteiger partial charge is 0.253 e. The van der Waals surface area contributed by atoms with Crippen LogP contribution in [-0.4, -0.2) is 43.2 Å². The molecule has 0 spiro atoms. The van der Waals surface area contributed by atoms with Gasteiger partial charge in [-0.1, -0.05) is 13.3 Å². The van der Waals surface area contributed by atoms with Crippen molar-refractivity contribution in [2.45, 2.75) is 45.6 Å². The van der Waals surface area contributed by atoms with Crippen LogP contribution in [0.2, 0.25) is 0 Å². The second kappa shape index (κ2) is 8.79. The molecule has 0 aromatic heterocycles. The monoisotopic (exact) mass is 305 g/mol. The lowest BCUT2D eigenvalue weighted by molar-refractivity contribution is 0.0678. The number of hydrogen-bond acceptors (Lipinski definition) is 3. The molecule has 22 heavy (non-hydrogen) atoms. The summed E-state index contributed by atoms with van der Waals surface area (Å²) in [6, 6.07) is 7.44.